The molecule has 42 heavy (non-hydrogen) atoms. The van der Waals surface area contributed by atoms with Crippen molar-refractivity contribution >= 4 is 50.7 Å². The number of rotatable bonds is 7. The minimum Gasteiger partial charge on any atom is -0.338 e. The molecule has 6 aromatic heterocycles. The molecule has 0 saturated heterocycles. The van der Waals surface area contributed by atoms with Crippen LogP contribution in [0.25, 0.3) is 55.0 Å². The van der Waals surface area contributed by atoms with E-state index >= 15 is 0 Å². The molecule has 1 aliphatic rings. The lowest BCUT2D eigenvalue weighted by Gasteiger charge is -2.20. The van der Waals surface area contributed by atoms with Gasteiger partial charge in [-0.05, 0) is 62.1 Å². The van der Waals surface area contributed by atoms with Gasteiger partial charge in [-0.25, -0.2) is 4.98 Å². The van der Waals surface area contributed by atoms with Crippen LogP contribution in [0.3, 0.4) is 0 Å². The molecule has 6 aromatic rings. The van der Waals surface area contributed by atoms with Gasteiger partial charge in [0.1, 0.15) is 11.3 Å². The Kier molecular flexibility index (Phi) is 6.83. The first-order chi connectivity index (χ1) is 20.5. The van der Waals surface area contributed by atoms with Crippen molar-refractivity contribution in [2.75, 3.05) is 5.32 Å². The average Bonchev–Trinajstić information content (AvgIpc) is 3.75. The van der Waals surface area contributed by atoms with E-state index in [2.05, 4.69) is 35.5 Å². The normalized spacial score (nSPS) is 14.0. The molecule has 1 amide bonds. The van der Waals surface area contributed by atoms with E-state index in [0.717, 1.165) is 72.7 Å². The molecule has 0 spiro atoms. The molecule has 7 rings (SSSR count). The highest BCUT2D eigenvalue weighted by atomic mass is 32.1. The van der Waals surface area contributed by atoms with Crippen LogP contribution in [0.1, 0.15) is 55.1 Å². The Morgan fingerprint density at radius 1 is 1.00 bits per heavy atom. The van der Waals surface area contributed by atoms with E-state index < -0.39 is 0 Å². The Hall–Kier alpha value is -4.70. The SMILES string of the molecule is CC(=O)c1ccc(-c2ccnc3[nH]c(-c4n[nH]c5cnc(-c6cncc(NC(=O)CC7CCCCC7)c6)cc45)cc23)s1. The number of carbonyl (C=O) groups is 2. The van der Waals surface area contributed by atoms with Crippen LogP contribution < -0.4 is 5.32 Å². The van der Waals surface area contributed by atoms with Gasteiger partial charge in [0, 0.05) is 45.6 Å². The predicted octanol–water partition coefficient (Wildman–Crippen LogP) is 7.40. The number of hydrogen-bond donors (Lipinski definition) is 3. The maximum absolute atomic E-state index is 12.7. The summed E-state index contributed by atoms with van der Waals surface area (Å²) in [5.74, 6) is 0.562. The van der Waals surface area contributed by atoms with Crippen LogP contribution in [-0.4, -0.2) is 41.8 Å². The number of thiophene rings is 1. The molecule has 1 fully saturated rings. The first-order valence-corrected chi connectivity index (χ1v) is 15.0. The van der Waals surface area contributed by atoms with Crippen molar-refractivity contribution in [1.82, 2.24) is 30.1 Å². The molecule has 0 aliphatic heterocycles. The number of hydrogen-bond acceptors (Lipinski definition) is 7. The second-order valence-electron chi connectivity index (χ2n) is 10.9. The van der Waals surface area contributed by atoms with Crippen molar-refractivity contribution in [3.05, 3.63) is 66.1 Å². The standard InChI is InChI=1S/C32H29N7O2S/c1-18(40)28-7-8-29(42-28)22-9-10-34-32-23(22)13-26(37-32)31-24-14-25(35-17-27(24)38-39-31)20-12-21(16-33-15-20)36-30(41)11-19-5-3-2-4-6-19/h7-10,12-17,19H,2-6,11H2,1H3,(H,34,37)(H,36,41)(H,38,39). The molecular formula is C32H29N7O2S. The quantitative estimate of drug-likeness (QED) is 0.170. The summed E-state index contributed by atoms with van der Waals surface area (Å²) in [5, 5.41) is 12.6. The van der Waals surface area contributed by atoms with E-state index in [1.54, 1.807) is 31.7 Å². The highest BCUT2D eigenvalue weighted by Crippen LogP contribution is 2.37. The van der Waals surface area contributed by atoms with Crippen LogP contribution >= 0.6 is 11.3 Å². The number of nitrogens with one attached hydrogen (secondary N) is 3. The van der Waals surface area contributed by atoms with Crippen molar-refractivity contribution in [1.29, 1.82) is 0 Å². The Morgan fingerprint density at radius 2 is 1.88 bits per heavy atom. The zero-order valence-electron chi connectivity index (χ0n) is 23.1. The number of fused-ring (bicyclic) bond motifs is 2. The van der Waals surface area contributed by atoms with Crippen molar-refractivity contribution in [2.45, 2.75) is 45.4 Å². The molecule has 3 N–H and O–H groups in total. The number of H-pyrrole nitrogens is 2. The van der Waals surface area contributed by atoms with Gasteiger partial charge in [0.2, 0.25) is 5.91 Å². The summed E-state index contributed by atoms with van der Waals surface area (Å²) < 4.78 is 0. The molecule has 0 bridgehead atoms. The third-order valence-corrected chi connectivity index (χ3v) is 9.19. The van der Waals surface area contributed by atoms with E-state index in [0.29, 0.717) is 18.0 Å². The zero-order valence-corrected chi connectivity index (χ0v) is 23.9. The lowest BCUT2D eigenvalue weighted by Crippen LogP contribution is -2.18. The van der Waals surface area contributed by atoms with E-state index in [-0.39, 0.29) is 11.7 Å². The monoisotopic (exact) mass is 575 g/mol. The van der Waals surface area contributed by atoms with Gasteiger partial charge in [-0.2, -0.15) is 5.10 Å². The molecule has 6 heterocycles. The third-order valence-electron chi connectivity index (χ3n) is 7.97. The lowest BCUT2D eigenvalue weighted by atomic mass is 9.87. The van der Waals surface area contributed by atoms with Crippen molar-refractivity contribution in [3.63, 3.8) is 0 Å². The summed E-state index contributed by atoms with van der Waals surface area (Å²) in [5.41, 5.74) is 6.32. The maximum Gasteiger partial charge on any atom is 0.224 e. The molecule has 0 unspecified atom stereocenters. The number of aromatic amines is 2. The third kappa shape index (κ3) is 5.09. The van der Waals surface area contributed by atoms with Crippen molar-refractivity contribution in [2.24, 2.45) is 5.92 Å². The van der Waals surface area contributed by atoms with Crippen LogP contribution in [-0.2, 0) is 4.79 Å². The minimum absolute atomic E-state index is 0.0354. The molecule has 0 atom stereocenters. The number of nitrogens with zero attached hydrogens (tertiary/aromatic N) is 4. The summed E-state index contributed by atoms with van der Waals surface area (Å²) in [7, 11) is 0. The van der Waals surface area contributed by atoms with Crippen molar-refractivity contribution < 1.29 is 9.59 Å². The van der Waals surface area contributed by atoms with Crippen molar-refractivity contribution in [3.8, 4) is 33.1 Å². The van der Waals surface area contributed by atoms with E-state index in [9.17, 15) is 9.59 Å². The summed E-state index contributed by atoms with van der Waals surface area (Å²) in [6.07, 6.45) is 13.5. The topological polar surface area (TPSA) is 129 Å². The van der Waals surface area contributed by atoms with E-state index in [1.165, 1.54) is 30.6 Å². The van der Waals surface area contributed by atoms with Gasteiger partial charge in [0.15, 0.2) is 5.78 Å². The average molecular weight is 576 g/mol. The maximum atomic E-state index is 12.7. The molecule has 210 valence electrons. The van der Waals surface area contributed by atoms with Gasteiger partial charge in [0.05, 0.1) is 39.9 Å². The Bertz CT molecular complexity index is 1950. The predicted molar refractivity (Wildman–Crippen MR) is 165 cm³/mol. The fraction of sp³-hybridized carbons (Fsp3) is 0.250. The zero-order chi connectivity index (χ0) is 28.6. The highest BCUT2D eigenvalue weighted by Gasteiger charge is 2.19. The molecule has 0 aromatic carbocycles. The second kappa shape index (κ2) is 10.9. The van der Waals surface area contributed by atoms with Gasteiger partial charge in [0.25, 0.3) is 0 Å². The number of aromatic nitrogens is 6. The van der Waals surface area contributed by atoms with Gasteiger partial charge >= 0.3 is 0 Å². The highest BCUT2D eigenvalue weighted by molar-refractivity contribution is 7.17. The molecule has 1 aliphatic carbocycles. The minimum atomic E-state index is 0.0354. The van der Waals surface area contributed by atoms with Crippen LogP contribution in [0.2, 0.25) is 0 Å². The van der Waals surface area contributed by atoms with Gasteiger partial charge in [-0.15, -0.1) is 11.3 Å². The molecule has 9 nitrogen and oxygen atoms in total. The molecular weight excluding hydrogens is 546 g/mol. The molecule has 1 saturated carbocycles. The van der Waals surface area contributed by atoms with E-state index in [1.807, 2.05) is 36.4 Å². The Labute approximate surface area is 245 Å². The number of anilines is 1. The van der Waals surface area contributed by atoms with Gasteiger partial charge in [-0.1, -0.05) is 19.3 Å². The number of amides is 1. The van der Waals surface area contributed by atoms with Crippen LogP contribution in [0, 0.1) is 5.92 Å². The lowest BCUT2D eigenvalue weighted by molar-refractivity contribution is -0.117. The van der Waals surface area contributed by atoms with Crippen LogP contribution in [0.5, 0.6) is 0 Å². The number of pyridine rings is 3. The fourth-order valence-corrected chi connectivity index (χ4v) is 6.78. The number of Topliss-reactive ketones (excluding diaryl/α,β-unsaturated/α-hetero) is 1. The summed E-state index contributed by atoms with van der Waals surface area (Å²) in [4.78, 5) is 43.3. The van der Waals surface area contributed by atoms with E-state index in [4.69, 9.17) is 0 Å². The first-order valence-electron chi connectivity index (χ1n) is 14.2. The summed E-state index contributed by atoms with van der Waals surface area (Å²) in [6.45, 7) is 1.58. The molecule has 10 heteroatoms. The summed E-state index contributed by atoms with van der Waals surface area (Å²) >= 11 is 1.48. The Morgan fingerprint density at radius 3 is 2.71 bits per heavy atom. The smallest absolute Gasteiger partial charge is 0.224 e. The first kappa shape index (κ1) is 26.2. The number of ketones is 1. The van der Waals surface area contributed by atoms with Gasteiger partial charge < -0.3 is 10.3 Å². The Balaban J connectivity index is 1.19. The van der Waals surface area contributed by atoms with Gasteiger partial charge in [-0.3, -0.25) is 24.7 Å². The molecule has 0 radical (unpaired) electrons. The summed E-state index contributed by atoms with van der Waals surface area (Å²) in [6, 6.07) is 11.8. The fourth-order valence-electron chi connectivity index (χ4n) is 5.83. The largest absolute Gasteiger partial charge is 0.338 e. The second-order valence-corrected chi connectivity index (χ2v) is 12.0. The van der Waals surface area contributed by atoms with Crippen LogP contribution in [0.15, 0.2) is 61.2 Å². The number of carbonyl (C=O) groups excluding carboxylic acids is 2. The van der Waals surface area contributed by atoms with Crippen LogP contribution in [0.4, 0.5) is 5.69 Å².